The minimum absolute atomic E-state index is 0.152. The van der Waals surface area contributed by atoms with Gasteiger partial charge in [-0.2, -0.15) is 4.39 Å². The minimum Gasteiger partial charge on any atom is -0.459 e. The van der Waals surface area contributed by atoms with E-state index in [0.29, 0.717) is 28.7 Å². The standard InChI is InChI=1S/C27H27FN4O2/c1-18(2)20-6-5-7-21(16-20)26(33)30-22-10-8-19(9-11-22)25-29-17-32(31-25)23-12-14-24(15-13-23)34-27(3,4)28/h5-18H,1-4H3,(H,30,33). The van der Waals surface area contributed by atoms with Crippen LogP contribution in [0.5, 0.6) is 5.75 Å². The molecule has 7 heteroatoms. The number of nitrogens with one attached hydrogen (secondary N) is 1. The number of carbonyl (C=O) groups excluding carboxylic acids is 1. The number of amides is 1. The Morgan fingerprint density at radius 2 is 1.74 bits per heavy atom. The predicted octanol–water partition coefficient (Wildman–Crippen LogP) is 6.39. The van der Waals surface area contributed by atoms with Crippen molar-refractivity contribution >= 4 is 11.6 Å². The van der Waals surface area contributed by atoms with Crippen molar-refractivity contribution in [1.29, 1.82) is 0 Å². The number of carbonyl (C=O) groups is 1. The Morgan fingerprint density at radius 1 is 1.03 bits per heavy atom. The normalized spacial score (nSPS) is 11.5. The topological polar surface area (TPSA) is 69.0 Å². The molecule has 0 spiro atoms. The Bertz CT molecular complexity index is 1270. The number of nitrogens with zero attached hydrogens (tertiary/aromatic N) is 3. The van der Waals surface area contributed by atoms with Crippen molar-refractivity contribution in [2.45, 2.75) is 39.5 Å². The van der Waals surface area contributed by atoms with E-state index in [9.17, 15) is 9.18 Å². The maximum absolute atomic E-state index is 13.6. The van der Waals surface area contributed by atoms with Crippen molar-refractivity contribution in [3.8, 4) is 22.8 Å². The highest BCUT2D eigenvalue weighted by Gasteiger charge is 2.17. The molecule has 0 fully saturated rings. The highest BCUT2D eigenvalue weighted by molar-refractivity contribution is 6.04. The molecule has 1 heterocycles. The molecule has 0 saturated carbocycles. The van der Waals surface area contributed by atoms with Gasteiger partial charge in [0, 0.05) is 30.7 Å². The van der Waals surface area contributed by atoms with Gasteiger partial charge in [-0.25, -0.2) is 9.67 Å². The number of halogens is 1. The molecule has 0 unspecified atom stereocenters. The lowest BCUT2D eigenvalue weighted by Gasteiger charge is -2.17. The van der Waals surface area contributed by atoms with Gasteiger partial charge in [-0.15, -0.1) is 5.10 Å². The molecular formula is C27H27FN4O2. The first-order valence-corrected chi connectivity index (χ1v) is 11.1. The van der Waals surface area contributed by atoms with Gasteiger partial charge in [0.25, 0.3) is 5.91 Å². The Labute approximate surface area is 198 Å². The Balaban J connectivity index is 1.44. The fourth-order valence-corrected chi connectivity index (χ4v) is 3.41. The van der Waals surface area contributed by atoms with Crippen LogP contribution >= 0.6 is 0 Å². The van der Waals surface area contributed by atoms with Crippen LogP contribution in [0.1, 0.15) is 49.5 Å². The lowest BCUT2D eigenvalue weighted by molar-refractivity contribution is -0.0257. The van der Waals surface area contributed by atoms with Gasteiger partial charge in [0.15, 0.2) is 5.82 Å². The van der Waals surface area contributed by atoms with E-state index in [1.54, 1.807) is 35.3 Å². The summed E-state index contributed by atoms with van der Waals surface area (Å²) in [6, 6.07) is 22.0. The highest BCUT2D eigenvalue weighted by Crippen LogP contribution is 2.23. The first-order valence-electron chi connectivity index (χ1n) is 11.1. The molecular weight excluding hydrogens is 431 g/mol. The molecule has 1 amide bonds. The van der Waals surface area contributed by atoms with Crippen molar-refractivity contribution in [2.24, 2.45) is 0 Å². The Hall–Kier alpha value is -4.00. The monoisotopic (exact) mass is 458 g/mol. The molecule has 0 aliphatic rings. The molecule has 6 nitrogen and oxygen atoms in total. The number of ether oxygens (including phenoxy) is 1. The number of hydrogen-bond acceptors (Lipinski definition) is 4. The smallest absolute Gasteiger partial charge is 0.255 e. The average molecular weight is 459 g/mol. The molecule has 0 aliphatic carbocycles. The molecule has 0 saturated heterocycles. The van der Waals surface area contributed by atoms with Gasteiger partial charge in [0.1, 0.15) is 12.1 Å². The maximum Gasteiger partial charge on any atom is 0.255 e. The second-order valence-corrected chi connectivity index (χ2v) is 8.78. The third-order valence-corrected chi connectivity index (χ3v) is 5.17. The lowest BCUT2D eigenvalue weighted by atomic mass is 10.0. The third kappa shape index (κ3) is 5.67. The second-order valence-electron chi connectivity index (χ2n) is 8.78. The van der Waals surface area contributed by atoms with E-state index in [2.05, 4.69) is 29.2 Å². The quantitative estimate of drug-likeness (QED) is 0.348. The lowest BCUT2D eigenvalue weighted by Crippen LogP contribution is -2.20. The summed E-state index contributed by atoms with van der Waals surface area (Å²) in [4.78, 5) is 17.0. The van der Waals surface area contributed by atoms with Crippen LogP contribution in [0, 0.1) is 0 Å². The summed E-state index contributed by atoms with van der Waals surface area (Å²) in [5.41, 5.74) is 4.03. The number of aromatic nitrogens is 3. The molecule has 0 aliphatic heterocycles. The fraction of sp³-hybridized carbons (Fsp3) is 0.222. The first kappa shape index (κ1) is 23.2. The van der Waals surface area contributed by atoms with Gasteiger partial charge in [-0.3, -0.25) is 4.79 Å². The fourth-order valence-electron chi connectivity index (χ4n) is 3.41. The van der Waals surface area contributed by atoms with Crippen LogP contribution in [0.25, 0.3) is 17.1 Å². The van der Waals surface area contributed by atoms with Crippen LogP contribution < -0.4 is 10.1 Å². The maximum atomic E-state index is 13.6. The Kier molecular flexibility index (Phi) is 6.45. The van der Waals surface area contributed by atoms with Crippen molar-refractivity contribution in [3.05, 3.63) is 90.3 Å². The second kappa shape index (κ2) is 9.47. The van der Waals surface area contributed by atoms with Crippen molar-refractivity contribution in [2.75, 3.05) is 5.32 Å². The zero-order valence-corrected chi connectivity index (χ0v) is 19.6. The van der Waals surface area contributed by atoms with Crippen molar-refractivity contribution in [3.63, 3.8) is 0 Å². The van der Waals surface area contributed by atoms with Gasteiger partial charge < -0.3 is 10.1 Å². The third-order valence-electron chi connectivity index (χ3n) is 5.17. The van der Waals surface area contributed by atoms with Gasteiger partial charge in [-0.05, 0) is 72.1 Å². The van der Waals surface area contributed by atoms with E-state index in [1.807, 2.05) is 48.5 Å². The molecule has 34 heavy (non-hydrogen) atoms. The number of rotatable bonds is 7. The van der Waals surface area contributed by atoms with E-state index in [1.165, 1.54) is 13.8 Å². The van der Waals surface area contributed by atoms with E-state index < -0.39 is 5.85 Å². The van der Waals surface area contributed by atoms with Crippen molar-refractivity contribution in [1.82, 2.24) is 14.8 Å². The highest BCUT2D eigenvalue weighted by atomic mass is 19.2. The predicted molar refractivity (Wildman–Crippen MR) is 131 cm³/mol. The molecule has 4 rings (SSSR count). The number of benzene rings is 3. The van der Waals surface area contributed by atoms with Crippen LogP contribution in [0.3, 0.4) is 0 Å². The van der Waals surface area contributed by atoms with E-state index in [0.717, 1.165) is 16.8 Å². The summed E-state index contributed by atoms with van der Waals surface area (Å²) in [6.45, 7) is 6.90. The summed E-state index contributed by atoms with van der Waals surface area (Å²) in [5, 5.41) is 7.45. The molecule has 174 valence electrons. The van der Waals surface area contributed by atoms with Gasteiger partial charge in [-0.1, -0.05) is 26.0 Å². The number of hydrogen-bond donors (Lipinski definition) is 1. The first-order chi connectivity index (χ1) is 16.2. The van der Waals surface area contributed by atoms with E-state index in [-0.39, 0.29) is 5.91 Å². The van der Waals surface area contributed by atoms with Crippen molar-refractivity contribution < 1.29 is 13.9 Å². The summed E-state index contributed by atoms with van der Waals surface area (Å²) >= 11 is 0. The van der Waals surface area contributed by atoms with E-state index >= 15 is 0 Å². The summed E-state index contributed by atoms with van der Waals surface area (Å²) in [7, 11) is 0. The SMILES string of the molecule is CC(C)c1cccc(C(=O)Nc2ccc(-c3ncn(-c4ccc(OC(C)(C)F)cc4)n3)cc2)c1. The van der Waals surface area contributed by atoms with Crippen LogP contribution in [-0.2, 0) is 0 Å². The van der Waals surface area contributed by atoms with E-state index in [4.69, 9.17) is 4.74 Å². The van der Waals surface area contributed by atoms with Crippen LogP contribution in [0.15, 0.2) is 79.1 Å². The van der Waals surface area contributed by atoms with Crippen LogP contribution in [-0.4, -0.2) is 26.5 Å². The largest absolute Gasteiger partial charge is 0.459 e. The molecule has 1 N–H and O–H groups in total. The molecule has 0 bridgehead atoms. The van der Waals surface area contributed by atoms with Gasteiger partial charge in [0.05, 0.1) is 5.69 Å². The van der Waals surface area contributed by atoms with Gasteiger partial charge in [0.2, 0.25) is 5.85 Å². The molecule has 4 aromatic rings. The summed E-state index contributed by atoms with van der Waals surface area (Å²) in [5.74, 6) is -0.557. The van der Waals surface area contributed by atoms with Gasteiger partial charge >= 0.3 is 0 Å². The van der Waals surface area contributed by atoms with Crippen LogP contribution in [0.4, 0.5) is 10.1 Å². The molecule has 3 aromatic carbocycles. The zero-order valence-electron chi connectivity index (χ0n) is 19.6. The summed E-state index contributed by atoms with van der Waals surface area (Å²) < 4.78 is 20.5. The number of alkyl halides is 1. The average Bonchev–Trinajstić information content (AvgIpc) is 3.29. The van der Waals surface area contributed by atoms with Crippen LogP contribution in [0.2, 0.25) is 0 Å². The molecule has 0 radical (unpaired) electrons. The number of anilines is 1. The molecule has 0 atom stereocenters. The molecule has 1 aromatic heterocycles. The Morgan fingerprint density at radius 3 is 2.38 bits per heavy atom. The minimum atomic E-state index is -1.74. The summed E-state index contributed by atoms with van der Waals surface area (Å²) in [6.07, 6.45) is 1.61. The zero-order chi connectivity index (χ0) is 24.3.